The lowest BCUT2D eigenvalue weighted by Gasteiger charge is -2.24. The second-order valence-electron chi connectivity index (χ2n) is 6.47. The van der Waals surface area contributed by atoms with Gasteiger partial charge in [-0.25, -0.2) is 0 Å². The van der Waals surface area contributed by atoms with E-state index in [2.05, 4.69) is 5.10 Å². The van der Waals surface area contributed by atoms with Crippen LogP contribution in [0.15, 0.2) is 36.7 Å². The summed E-state index contributed by atoms with van der Waals surface area (Å²) in [5.74, 6) is 0.843. The van der Waals surface area contributed by atoms with Crippen molar-refractivity contribution in [3.05, 3.63) is 47.8 Å². The number of likely N-dealkylation sites (tertiary alicyclic amines) is 1. The van der Waals surface area contributed by atoms with Crippen molar-refractivity contribution in [2.45, 2.75) is 39.0 Å². The minimum atomic E-state index is 0.0503. The van der Waals surface area contributed by atoms with E-state index in [1.165, 1.54) is 0 Å². The highest BCUT2D eigenvalue weighted by Gasteiger charge is 2.29. The van der Waals surface area contributed by atoms with Gasteiger partial charge < -0.3 is 14.4 Å². The van der Waals surface area contributed by atoms with Gasteiger partial charge in [0.25, 0.3) is 0 Å². The molecule has 2 aromatic rings. The molecule has 1 aromatic carbocycles. The van der Waals surface area contributed by atoms with Crippen molar-refractivity contribution in [1.29, 1.82) is 0 Å². The Morgan fingerprint density at radius 3 is 3.04 bits per heavy atom. The fourth-order valence-corrected chi connectivity index (χ4v) is 3.24. The highest BCUT2D eigenvalue weighted by molar-refractivity contribution is 5.78. The number of hydrogen-bond donors (Lipinski definition) is 0. The summed E-state index contributed by atoms with van der Waals surface area (Å²) in [4.78, 5) is 14.4. The van der Waals surface area contributed by atoms with Crippen LogP contribution in [0, 0.1) is 6.92 Å². The lowest BCUT2D eigenvalue weighted by atomic mass is 10.2. The normalized spacial score (nSPS) is 17.0. The summed E-state index contributed by atoms with van der Waals surface area (Å²) in [6, 6.07) is 7.89. The average Bonchev–Trinajstić information content (AvgIpc) is 3.24. The molecule has 1 aliphatic rings. The number of nitrogens with zero attached hydrogens (tertiary/aromatic N) is 3. The second-order valence-corrected chi connectivity index (χ2v) is 6.47. The molecule has 6 heteroatoms. The number of benzene rings is 1. The van der Waals surface area contributed by atoms with Crippen molar-refractivity contribution >= 4 is 5.91 Å². The summed E-state index contributed by atoms with van der Waals surface area (Å²) in [5, 5.41) is 4.33. The molecule has 2 heterocycles. The molecule has 25 heavy (non-hydrogen) atoms. The van der Waals surface area contributed by atoms with E-state index in [0.717, 1.165) is 42.8 Å². The monoisotopic (exact) mass is 343 g/mol. The van der Waals surface area contributed by atoms with E-state index in [9.17, 15) is 4.79 Å². The van der Waals surface area contributed by atoms with Gasteiger partial charge in [-0.15, -0.1) is 0 Å². The minimum Gasteiger partial charge on any atom is -0.497 e. The first-order valence-corrected chi connectivity index (χ1v) is 8.65. The number of methoxy groups -OCH3 is 1. The molecule has 0 radical (unpaired) electrons. The molecule has 1 aromatic heterocycles. The van der Waals surface area contributed by atoms with Crippen LogP contribution in [0.25, 0.3) is 0 Å². The summed E-state index contributed by atoms with van der Waals surface area (Å²) in [6.45, 7) is 4.07. The van der Waals surface area contributed by atoms with Gasteiger partial charge >= 0.3 is 0 Å². The van der Waals surface area contributed by atoms with Crippen molar-refractivity contribution in [2.24, 2.45) is 0 Å². The van der Waals surface area contributed by atoms with Crippen LogP contribution >= 0.6 is 0 Å². The van der Waals surface area contributed by atoms with Crippen molar-refractivity contribution < 1.29 is 14.3 Å². The number of carbonyl (C=O) groups excluding carboxylic acids is 1. The maximum atomic E-state index is 12.5. The number of carbonyl (C=O) groups is 1. The van der Waals surface area contributed by atoms with Gasteiger partial charge in [-0.3, -0.25) is 9.48 Å². The zero-order valence-electron chi connectivity index (χ0n) is 14.9. The molecule has 0 saturated carbocycles. The number of ether oxygens (including phenoxy) is 2. The molecule has 0 bridgehead atoms. The van der Waals surface area contributed by atoms with Crippen LogP contribution in [-0.4, -0.2) is 46.9 Å². The first kappa shape index (κ1) is 17.5. The Morgan fingerprint density at radius 2 is 2.28 bits per heavy atom. The summed E-state index contributed by atoms with van der Waals surface area (Å²) in [5.41, 5.74) is 2.13. The fourth-order valence-electron chi connectivity index (χ4n) is 3.24. The van der Waals surface area contributed by atoms with E-state index >= 15 is 0 Å². The Hall–Kier alpha value is -2.34. The van der Waals surface area contributed by atoms with Gasteiger partial charge in [-0.2, -0.15) is 5.10 Å². The maximum Gasteiger partial charge on any atom is 0.248 e. The van der Waals surface area contributed by atoms with Crippen LogP contribution in [0.2, 0.25) is 0 Å². The van der Waals surface area contributed by atoms with Gasteiger partial charge in [-0.05, 0) is 43.0 Å². The molecule has 6 nitrogen and oxygen atoms in total. The lowest BCUT2D eigenvalue weighted by Crippen LogP contribution is -2.40. The van der Waals surface area contributed by atoms with Crippen LogP contribution in [0.5, 0.6) is 5.75 Å². The lowest BCUT2D eigenvalue weighted by molar-refractivity contribution is -0.137. The van der Waals surface area contributed by atoms with E-state index in [0.29, 0.717) is 6.61 Å². The van der Waals surface area contributed by atoms with E-state index in [1.54, 1.807) is 7.11 Å². The predicted molar refractivity (Wildman–Crippen MR) is 94.3 cm³/mol. The van der Waals surface area contributed by atoms with Gasteiger partial charge in [0, 0.05) is 12.7 Å². The third-order valence-corrected chi connectivity index (χ3v) is 4.49. The highest BCUT2D eigenvalue weighted by atomic mass is 16.5. The first-order valence-electron chi connectivity index (χ1n) is 8.65. The standard InChI is InChI=1S/C19H25N3O3/c1-15-10-20-21(11-15)12-17-6-4-8-22(17)19(23)14-25-13-16-5-3-7-18(9-16)24-2/h3,5,7,9-11,17H,4,6,8,12-14H2,1-2H3/t17-/m1/s1. The average molecular weight is 343 g/mol. The molecular weight excluding hydrogens is 318 g/mol. The van der Waals surface area contributed by atoms with E-state index in [4.69, 9.17) is 9.47 Å². The molecule has 3 rings (SSSR count). The largest absolute Gasteiger partial charge is 0.497 e. The Kier molecular flexibility index (Phi) is 5.71. The SMILES string of the molecule is COc1cccc(COCC(=O)N2CCC[C@@H]2Cn2cc(C)cn2)c1. The zero-order valence-corrected chi connectivity index (χ0v) is 14.9. The van der Waals surface area contributed by atoms with Crippen LogP contribution in [0.3, 0.4) is 0 Å². The molecular formula is C19H25N3O3. The molecule has 0 spiro atoms. The van der Waals surface area contributed by atoms with Crippen LogP contribution in [-0.2, 0) is 22.7 Å². The second kappa shape index (κ2) is 8.16. The molecule has 0 aliphatic carbocycles. The Morgan fingerprint density at radius 1 is 1.40 bits per heavy atom. The predicted octanol–water partition coefficient (Wildman–Crippen LogP) is 2.41. The molecule has 1 aliphatic heterocycles. The van der Waals surface area contributed by atoms with Crippen LogP contribution in [0.1, 0.15) is 24.0 Å². The first-order chi connectivity index (χ1) is 12.2. The Bertz CT molecular complexity index is 713. The Labute approximate surface area is 148 Å². The van der Waals surface area contributed by atoms with Gasteiger partial charge in [-0.1, -0.05) is 12.1 Å². The third-order valence-electron chi connectivity index (χ3n) is 4.49. The van der Waals surface area contributed by atoms with Crippen molar-refractivity contribution in [3.63, 3.8) is 0 Å². The smallest absolute Gasteiger partial charge is 0.248 e. The number of rotatable bonds is 7. The van der Waals surface area contributed by atoms with Crippen LogP contribution in [0.4, 0.5) is 0 Å². The molecule has 0 unspecified atom stereocenters. The number of aryl methyl sites for hydroxylation is 1. The van der Waals surface area contributed by atoms with Crippen LogP contribution < -0.4 is 4.74 Å². The molecule has 1 saturated heterocycles. The fraction of sp³-hybridized carbons (Fsp3) is 0.474. The van der Waals surface area contributed by atoms with Crippen molar-refractivity contribution in [2.75, 3.05) is 20.3 Å². The summed E-state index contributed by atoms with van der Waals surface area (Å²) in [7, 11) is 1.64. The number of aromatic nitrogens is 2. The highest BCUT2D eigenvalue weighted by Crippen LogP contribution is 2.19. The maximum absolute atomic E-state index is 12.5. The molecule has 1 fully saturated rings. The zero-order chi connectivity index (χ0) is 17.6. The summed E-state index contributed by atoms with van der Waals surface area (Å²) in [6.07, 6.45) is 5.91. The Balaban J connectivity index is 1.49. The number of amides is 1. The van der Waals surface area contributed by atoms with Gasteiger partial charge in [0.2, 0.25) is 5.91 Å². The summed E-state index contributed by atoms with van der Waals surface area (Å²) >= 11 is 0. The number of hydrogen-bond acceptors (Lipinski definition) is 4. The molecule has 0 N–H and O–H groups in total. The molecule has 134 valence electrons. The topological polar surface area (TPSA) is 56.6 Å². The molecule has 1 amide bonds. The van der Waals surface area contributed by atoms with Gasteiger partial charge in [0.1, 0.15) is 12.4 Å². The van der Waals surface area contributed by atoms with E-state index < -0.39 is 0 Å². The van der Waals surface area contributed by atoms with Gasteiger partial charge in [0.05, 0.1) is 32.5 Å². The quantitative estimate of drug-likeness (QED) is 0.775. The minimum absolute atomic E-state index is 0.0503. The molecule has 1 atom stereocenters. The van der Waals surface area contributed by atoms with Crippen molar-refractivity contribution in [1.82, 2.24) is 14.7 Å². The van der Waals surface area contributed by atoms with Crippen molar-refractivity contribution in [3.8, 4) is 5.75 Å². The van der Waals surface area contributed by atoms with E-state index in [-0.39, 0.29) is 18.6 Å². The van der Waals surface area contributed by atoms with E-state index in [1.807, 2.05) is 53.2 Å². The third kappa shape index (κ3) is 4.60. The van der Waals surface area contributed by atoms with Gasteiger partial charge in [0.15, 0.2) is 0 Å². The summed E-state index contributed by atoms with van der Waals surface area (Å²) < 4.78 is 12.7.